The number of imidazole rings is 1. The molecule has 0 unspecified atom stereocenters. The van der Waals surface area contributed by atoms with E-state index in [-0.39, 0.29) is 0 Å². The lowest BCUT2D eigenvalue weighted by Gasteiger charge is -2.23. The molecule has 0 saturated heterocycles. The number of rotatable bonds is 9. The van der Waals surface area contributed by atoms with Crippen LogP contribution in [0.5, 0.6) is 0 Å². The molecule has 5 nitrogen and oxygen atoms in total. The number of hydrogen-bond acceptors (Lipinski definition) is 3. The summed E-state index contributed by atoms with van der Waals surface area (Å²) in [5.41, 5.74) is 8.86. The van der Waals surface area contributed by atoms with Crippen molar-refractivity contribution in [1.82, 2.24) is 9.55 Å². The Kier molecular flexibility index (Phi) is 7.58. The van der Waals surface area contributed by atoms with E-state index >= 15 is 0 Å². The summed E-state index contributed by atoms with van der Waals surface area (Å²) in [6.45, 7) is 10.4. The van der Waals surface area contributed by atoms with Crippen LogP contribution < -0.4 is 5.73 Å². The molecule has 1 heterocycles. The number of halogens is 2. The second-order valence-electron chi connectivity index (χ2n) is 6.86. The Balaban J connectivity index is 3.42. The highest BCUT2D eigenvalue weighted by atomic mass is 19.3. The van der Waals surface area contributed by atoms with E-state index in [2.05, 4.69) is 24.7 Å². The van der Waals surface area contributed by atoms with Gasteiger partial charge in [-0.15, -0.1) is 0 Å². The Morgan fingerprint density at radius 2 is 1.93 bits per heavy atom. The molecule has 0 amide bonds. The van der Waals surface area contributed by atoms with Gasteiger partial charge in [-0.2, -0.15) is 8.78 Å². The normalized spacial score (nSPS) is 13.6. The van der Waals surface area contributed by atoms with Crippen molar-refractivity contribution >= 4 is 17.4 Å². The van der Waals surface area contributed by atoms with Crippen molar-refractivity contribution < 1.29 is 13.3 Å². The molecule has 0 aromatic carbocycles. The van der Waals surface area contributed by atoms with Crippen LogP contribution in [-0.2, 0) is 7.05 Å². The molecule has 0 atom stereocenters. The molecular weight excluding hydrogens is 360 g/mol. The zero-order valence-electron chi connectivity index (χ0n) is 16.8. The average molecular weight is 388 g/mol. The Bertz CT molecular complexity index is 883. The second-order valence-corrected chi connectivity index (χ2v) is 6.86. The van der Waals surface area contributed by atoms with E-state index < -0.39 is 11.0 Å². The van der Waals surface area contributed by atoms with Crippen LogP contribution in [0, 0.1) is 5.41 Å². The third-order valence-electron chi connectivity index (χ3n) is 4.17. The Labute approximate surface area is 165 Å². The minimum Gasteiger partial charge on any atom is -0.399 e. The van der Waals surface area contributed by atoms with E-state index in [1.165, 1.54) is 32.6 Å². The first kappa shape index (κ1) is 23.0. The van der Waals surface area contributed by atoms with Gasteiger partial charge in [-0.25, -0.2) is 9.47 Å². The fourth-order valence-electron chi connectivity index (χ4n) is 2.30. The molecule has 0 aliphatic carbocycles. The Morgan fingerprint density at radius 3 is 2.39 bits per heavy atom. The van der Waals surface area contributed by atoms with Crippen LogP contribution in [0.4, 0.5) is 8.78 Å². The van der Waals surface area contributed by atoms with Crippen LogP contribution in [0.1, 0.15) is 18.4 Å². The number of nitrogens with two attached hydrogens (primary N) is 1. The van der Waals surface area contributed by atoms with E-state index in [1.54, 1.807) is 30.0 Å². The second kappa shape index (κ2) is 9.23. The highest BCUT2D eigenvalue weighted by Crippen LogP contribution is 2.24. The molecule has 150 valence electrons. The van der Waals surface area contributed by atoms with Gasteiger partial charge < -0.3 is 15.7 Å². The quantitative estimate of drug-likeness (QED) is 0.287. The first-order valence-electron chi connectivity index (χ1n) is 8.48. The summed E-state index contributed by atoms with van der Waals surface area (Å²) >= 11 is 0. The molecular formula is C21H28F2N5+. The first-order valence-corrected chi connectivity index (χ1v) is 8.48. The number of nitrogens with one attached hydrogen (secondary N) is 1. The average Bonchev–Trinajstić information content (AvgIpc) is 3.00. The lowest BCUT2D eigenvalue weighted by atomic mass is 10.1. The summed E-state index contributed by atoms with van der Waals surface area (Å²) in [6, 6.07) is 0. The number of quaternary nitrogens is 1. The largest absolute Gasteiger partial charge is 0.399 e. The van der Waals surface area contributed by atoms with Crippen molar-refractivity contribution in [2.45, 2.75) is 13.5 Å². The summed E-state index contributed by atoms with van der Waals surface area (Å²) in [5, 5.41) is 7.69. The van der Waals surface area contributed by atoms with Gasteiger partial charge in [-0.3, -0.25) is 0 Å². The van der Waals surface area contributed by atoms with Gasteiger partial charge in [0.1, 0.15) is 12.0 Å². The fourth-order valence-corrected chi connectivity index (χ4v) is 2.30. The monoisotopic (exact) mass is 388 g/mol. The van der Waals surface area contributed by atoms with Gasteiger partial charge in [0.05, 0.1) is 25.4 Å². The third kappa shape index (κ3) is 5.47. The van der Waals surface area contributed by atoms with Crippen LogP contribution in [0.25, 0.3) is 11.1 Å². The number of nitrogens with zero attached hydrogens (tertiary/aromatic N) is 3. The number of aromatic nitrogens is 2. The highest BCUT2D eigenvalue weighted by molar-refractivity contribution is 5.91. The predicted molar refractivity (Wildman–Crippen MR) is 112 cm³/mol. The van der Waals surface area contributed by atoms with Gasteiger partial charge in [0.2, 0.25) is 0 Å². The van der Waals surface area contributed by atoms with Gasteiger partial charge >= 0.3 is 6.55 Å². The molecule has 0 fully saturated rings. The van der Waals surface area contributed by atoms with Gasteiger partial charge in [-0.1, -0.05) is 38.0 Å². The molecule has 0 radical (unpaired) electrons. The lowest BCUT2D eigenvalue weighted by Crippen LogP contribution is -2.38. The SMILES string of the molecule is C=C/C(=C\[N+](C)(C)C(F)F)c1cn(C)c(/C(C)=C(C=N)/C=C\C(=C)C(=C)N)n1. The number of hydrogen-bond donors (Lipinski definition) is 2. The van der Waals surface area contributed by atoms with Gasteiger partial charge in [0, 0.05) is 30.7 Å². The number of allylic oxidation sites excluding steroid dienone is 6. The molecule has 3 N–H and O–H groups in total. The molecule has 0 bridgehead atoms. The molecule has 7 heteroatoms. The van der Waals surface area contributed by atoms with Gasteiger partial charge in [0.15, 0.2) is 0 Å². The maximum atomic E-state index is 13.2. The van der Waals surface area contributed by atoms with Crippen molar-refractivity contribution in [1.29, 1.82) is 5.41 Å². The summed E-state index contributed by atoms with van der Waals surface area (Å²) in [5.74, 6) is 0.602. The summed E-state index contributed by atoms with van der Waals surface area (Å²) in [6.07, 6.45) is 9.24. The Hall–Kier alpha value is -3.06. The van der Waals surface area contributed by atoms with Crippen molar-refractivity contribution in [3.8, 4) is 0 Å². The zero-order valence-corrected chi connectivity index (χ0v) is 16.8. The molecule has 1 aromatic heterocycles. The van der Waals surface area contributed by atoms with E-state index in [0.29, 0.717) is 33.9 Å². The van der Waals surface area contributed by atoms with Crippen molar-refractivity contribution in [2.75, 3.05) is 14.1 Å². The van der Waals surface area contributed by atoms with Crippen LogP contribution in [0.3, 0.4) is 0 Å². The standard InChI is InChI=1S/C21H28F2N5/c1-8-17(13-28(6,7)21(22)23)19-12-27(5)20(26-19)15(3)18(11-24)10-9-14(2)16(4)25/h8-13,21,24H,1-2,4,25H2,3,5-7H3/q+1/b10-9-,17-13+,18-15-,24-11?. The zero-order chi connectivity index (χ0) is 21.6. The van der Waals surface area contributed by atoms with Crippen molar-refractivity contribution in [3.05, 3.63) is 78.7 Å². The molecule has 1 rings (SSSR count). The van der Waals surface area contributed by atoms with Crippen molar-refractivity contribution in [2.24, 2.45) is 12.8 Å². The van der Waals surface area contributed by atoms with E-state index in [1.807, 2.05) is 6.92 Å². The molecule has 0 spiro atoms. The Morgan fingerprint density at radius 1 is 1.32 bits per heavy atom. The topological polar surface area (TPSA) is 67.7 Å². The van der Waals surface area contributed by atoms with Crippen LogP contribution in [0.15, 0.2) is 67.2 Å². The lowest BCUT2D eigenvalue weighted by molar-refractivity contribution is -0.898. The molecule has 1 aromatic rings. The minimum absolute atomic E-state index is 0.345. The first-order chi connectivity index (χ1) is 12.9. The van der Waals surface area contributed by atoms with Gasteiger partial charge in [0.25, 0.3) is 0 Å². The maximum absolute atomic E-state index is 13.2. The predicted octanol–water partition coefficient (Wildman–Crippen LogP) is 4.25. The molecule has 0 aliphatic rings. The van der Waals surface area contributed by atoms with Crippen LogP contribution >= 0.6 is 0 Å². The summed E-state index contributed by atoms with van der Waals surface area (Å²) in [4.78, 5) is 4.56. The number of alkyl halides is 2. The van der Waals surface area contributed by atoms with Gasteiger partial charge in [-0.05, 0) is 18.1 Å². The van der Waals surface area contributed by atoms with Crippen LogP contribution in [0.2, 0.25) is 0 Å². The highest BCUT2D eigenvalue weighted by Gasteiger charge is 2.26. The maximum Gasteiger partial charge on any atom is 0.384 e. The summed E-state index contributed by atoms with van der Waals surface area (Å²) in [7, 11) is 4.60. The number of aryl methyl sites for hydroxylation is 1. The minimum atomic E-state index is -2.57. The van der Waals surface area contributed by atoms with Crippen LogP contribution in [-0.4, -0.2) is 40.9 Å². The van der Waals surface area contributed by atoms with E-state index in [4.69, 9.17) is 11.1 Å². The summed E-state index contributed by atoms with van der Waals surface area (Å²) < 4.78 is 27.6. The van der Waals surface area contributed by atoms with E-state index in [9.17, 15) is 8.78 Å². The fraction of sp³-hybridized carbons (Fsp3) is 0.238. The molecule has 0 aliphatic heterocycles. The molecule has 28 heavy (non-hydrogen) atoms. The smallest absolute Gasteiger partial charge is 0.384 e. The third-order valence-corrected chi connectivity index (χ3v) is 4.17. The molecule has 0 saturated carbocycles. The van der Waals surface area contributed by atoms with Crippen molar-refractivity contribution in [3.63, 3.8) is 0 Å². The van der Waals surface area contributed by atoms with E-state index in [0.717, 1.165) is 5.57 Å².